The molecule has 92 valence electrons. The van der Waals surface area contributed by atoms with Gasteiger partial charge in [-0.1, -0.05) is 23.7 Å². The van der Waals surface area contributed by atoms with Crippen molar-refractivity contribution in [2.24, 2.45) is 0 Å². The number of hydrogen-bond acceptors (Lipinski definition) is 4. The Morgan fingerprint density at radius 1 is 1.41 bits per heavy atom. The van der Waals surface area contributed by atoms with E-state index in [2.05, 4.69) is 0 Å². The molecule has 0 spiro atoms. The van der Waals surface area contributed by atoms with Crippen molar-refractivity contribution in [3.05, 3.63) is 34.9 Å². The summed E-state index contributed by atoms with van der Waals surface area (Å²) in [5, 5.41) is 8.93. The molecule has 1 aromatic carbocycles. The van der Waals surface area contributed by atoms with Gasteiger partial charge in [-0.05, 0) is 24.6 Å². The first-order valence-corrected chi connectivity index (χ1v) is 5.33. The van der Waals surface area contributed by atoms with E-state index in [4.69, 9.17) is 21.5 Å². The van der Waals surface area contributed by atoms with Gasteiger partial charge in [0.1, 0.15) is 0 Å². The lowest BCUT2D eigenvalue weighted by molar-refractivity contribution is -0.149. The van der Waals surface area contributed by atoms with Gasteiger partial charge in [0, 0.05) is 11.6 Å². The van der Waals surface area contributed by atoms with Crippen LogP contribution in [0.2, 0.25) is 5.02 Å². The molecule has 0 saturated carbocycles. The van der Waals surface area contributed by atoms with Crippen molar-refractivity contribution in [1.29, 1.82) is 0 Å². The Morgan fingerprint density at radius 2 is 2.00 bits per heavy atom. The summed E-state index contributed by atoms with van der Waals surface area (Å²) in [6.07, 6.45) is -1.04. The molecule has 0 fully saturated rings. The maximum absolute atomic E-state index is 11.6. The van der Waals surface area contributed by atoms with Gasteiger partial charge in [-0.2, -0.15) is 0 Å². The number of hydrogen-bond donors (Lipinski definition) is 2. The van der Waals surface area contributed by atoms with Crippen molar-refractivity contribution in [2.75, 3.05) is 6.61 Å². The summed E-state index contributed by atoms with van der Waals surface area (Å²) < 4.78 is 5.19. The van der Waals surface area contributed by atoms with Gasteiger partial charge in [0.15, 0.2) is 6.10 Å². The Bertz CT molecular complexity index is 404. The molecule has 1 amide bonds. The normalized spacial score (nSPS) is 11.9. The molecular formula is C11H12ClNO4. The number of carbonyl (C=O) groups excluding carboxylic acids is 2. The second-order valence-corrected chi connectivity index (χ2v) is 3.63. The van der Waals surface area contributed by atoms with Crippen LogP contribution < -0.4 is 5.48 Å². The summed E-state index contributed by atoms with van der Waals surface area (Å²) in [4.78, 5) is 22.7. The zero-order valence-electron chi connectivity index (χ0n) is 9.14. The van der Waals surface area contributed by atoms with E-state index in [0.29, 0.717) is 10.6 Å². The van der Waals surface area contributed by atoms with Crippen LogP contribution in [-0.2, 0) is 14.3 Å². The smallest absolute Gasteiger partial charge is 0.313 e. The van der Waals surface area contributed by atoms with Crippen molar-refractivity contribution in [1.82, 2.24) is 5.48 Å². The second kappa shape index (κ2) is 6.34. The van der Waals surface area contributed by atoms with Crippen molar-refractivity contribution in [3.63, 3.8) is 0 Å². The maximum atomic E-state index is 11.6. The van der Waals surface area contributed by atoms with Crippen LogP contribution in [0.15, 0.2) is 24.3 Å². The molecule has 2 N–H and O–H groups in total. The Balaban J connectivity index is 2.96. The SMILES string of the molecule is CCOC(C(=O)C(=O)NO)c1ccc(Cl)cc1. The van der Waals surface area contributed by atoms with Gasteiger partial charge in [-0.25, -0.2) is 5.48 Å². The number of halogens is 1. The molecule has 5 nitrogen and oxygen atoms in total. The Morgan fingerprint density at radius 3 is 2.47 bits per heavy atom. The lowest BCUT2D eigenvalue weighted by Crippen LogP contribution is -2.33. The average Bonchev–Trinajstić information content (AvgIpc) is 2.35. The summed E-state index contributed by atoms with van der Waals surface area (Å²) in [5.41, 5.74) is 1.79. The van der Waals surface area contributed by atoms with Crippen LogP contribution in [0.3, 0.4) is 0 Å². The van der Waals surface area contributed by atoms with Gasteiger partial charge < -0.3 is 4.74 Å². The number of carbonyl (C=O) groups is 2. The van der Waals surface area contributed by atoms with E-state index >= 15 is 0 Å². The molecule has 1 rings (SSSR count). The Hall–Kier alpha value is -1.43. The molecule has 0 aliphatic carbocycles. The topological polar surface area (TPSA) is 75.6 Å². The molecule has 0 radical (unpaired) electrons. The van der Waals surface area contributed by atoms with Crippen LogP contribution in [0, 0.1) is 0 Å². The molecule has 0 aliphatic heterocycles. The van der Waals surface area contributed by atoms with Gasteiger partial charge in [0.05, 0.1) is 0 Å². The molecule has 0 saturated heterocycles. The monoisotopic (exact) mass is 257 g/mol. The van der Waals surface area contributed by atoms with Crippen LogP contribution in [0.5, 0.6) is 0 Å². The number of benzene rings is 1. The van der Waals surface area contributed by atoms with Gasteiger partial charge in [-0.15, -0.1) is 0 Å². The zero-order valence-corrected chi connectivity index (χ0v) is 9.90. The number of Topliss-reactive ketones (excluding diaryl/α,β-unsaturated/α-hetero) is 1. The zero-order chi connectivity index (χ0) is 12.8. The van der Waals surface area contributed by atoms with E-state index in [1.54, 1.807) is 31.2 Å². The van der Waals surface area contributed by atoms with Crippen LogP contribution in [-0.4, -0.2) is 23.5 Å². The Labute approximate surface area is 103 Å². The molecule has 17 heavy (non-hydrogen) atoms. The van der Waals surface area contributed by atoms with E-state index in [1.807, 2.05) is 0 Å². The molecule has 1 aromatic rings. The number of amides is 1. The third-order valence-corrected chi connectivity index (χ3v) is 2.32. The molecular weight excluding hydrogens is 246 g/mol. The minimum Gasteiger partial charge on any atom is -0.365 e. The van der Waals surface area contributed by atoms with E-state index in [0.717, 1.165) is 0 Å². The summed E-state index contributed by atoms with van der Waals surface area (Å²) in [5.74, 6) is -1.98. The molecule has 0 aromatic heterocycles. The van der Waals surface area contributed by atoms with Crippen LogP contribution in [0.25, 0.3) is 0 Å². The predicted molar refractivity (Wildman–Crippen MR) is 60.8 cm³/mol. The third-order valence-electron chi connectivity index (χ3n) is 2.07. The molecule has 1 atom stereocenters. The van der Waals surface area contributed by atoms with E-state index in [-0.39, 0.29) is 6.61 Å². The molecule has 1 unspecified atom stereocenters. The number of ether oxygens (including phenoxy) is 1. The highest BCUT2D eigenvalue weighted by molar-refractivity contribution is 6.37. The minimum absolute atomic E-state index is 0.262. The minimum atomic E-state index is -1.11. The van der Waals surface area contributed by atoms with Gasteiger partial charge >= 0.3 is 5.91 Å². The van der Waals surface area contributed by atoms with Crippen molar-refractivity contribution in [2.45, 2.75) is 13.0 Å². The predicted octanol–water partition coefficient (Wildman–Crippen LogP) is 1.49. The summed E-state index contributed by atoms with van der Waals surface area (Å²) in [7, 11) is 0. The quantitative estimate of drug-likeness (QED) is 0.476. The highest BCUT2D eigenvalue weighted by atomic mass is 35.5. The molecule has 0 bridgehead atoms. The third kappa shape index (κ3) is 3.52. The maximum Gasteiger partial charge on any atom is 0.313 e. The number of rotatable bonds is 5. The number of nitrogens with one attached hydrogen (secondary N) is 1. The van der Waals surface area contributed by atoms with Crippen molar-refractivity contribution < 1.29 is 19.5 Å². The van der Waals surface area contributed by atoms with Crippen LogP contribution >= 0.6 is 11.6 Å². The van der Waals surface area contributed by atoms with Crippen molar-refractivity contribution >= 4 is 23.3 Å². The summed E-state index contributed by atoms with van der Waals surface area (Å²) >= 11 is 5.72. The van der Waals surface area contributed by atoms with Crippen LogP contribution in [0.4, 0.5) is 0 Å². The van der Waals surface area contributed by atoms with E-state index < -0.39 is 17.8 Å². The number of ketones is 1. The molecule has 0 aliphatic rings. The van der Waals surface area contributed by atoms with Gasteiger partial charge in [0.2, 0.25) is 0 Å². The molecule has 0 heterocycles. The first kappa shape index (κ1) is 13.6. The fraction of sp³-hybridized carbons (Fsp3) is 0.273. The number of hydroxylamine groups is 1. The lowest BCUT2D eigenvalue weighted by Gasteiger charge is -2.14. The van der Waals surface area contributed by atoms with E-state index in [1.165, 1.54) is 5.48 Å². The van der Waals surface area contributed by atoms with Gasteiger partial charge in [-0.3, -0.25) is 14.8 Å². The second-order valence-electron chi connectivity index (χ2n) is 3.19. The average molecular weight is 258 g/mol. The van der Waals surface area contributed by atoms with Crippen molar-refractivity contribution in [3.8, 4) is 0 Å². The van der Waals surface area contributed by atoms with Crippen LogP contribution in [0.1, 0.15) is 18.6 Å². The molecule has 6 heteroatoms. The Kier molecular flexibility index (Phi) is 5.09. The lowest BCUT2D eigenvalue weighted by atomic mass is 10.1. The van der Waals surface area contributed by atoms with E-state index in [9.17, 15) is 9.59 Å². The first-order valence-electron chi connectivity index (χ1n) is 4.95. The largest absolute Gasteiger partial charge is 0.365 e. The highest BCUT2D eigenvalue weighted by Gasteiger charge is 2.27. The standard InChI is InChI=1S/C11H12ClNO4/c1-2-17-10(9(14)11(15)13-16)7-3-5-8(12)6-4-7/h3-6,10,16H,2H2,1H3,(H,13,15). The fourth-order valence-corrected chi connectivity index (χ4v) is 1.43. The highest BCUT2D eigenvalue weighted by Crippen LogP contribution is 2.20. The van der Waals surface area contributed by atoms with Gasteiger partial charge in [0.25, 0.3) is 5.78 Å². The first-order chi connectivity index (χ1) is 8.10. The summed E-state index contributed by atoms with van der Waals surface area (Å²) in [6, 6.07) is 6.36. The fourth-order valence-electron chi connectivity index (χ4n) is 1.30. The summed E-state index contributed by atoms with van der Waals surface area (Å²) in [6.45, 7) is 1.96.